The van der Waals surface area contributed by atoms with E-state index in [0.717, 1.165) is 12.0 Å². The fourth-order valence-electron chi connectivity index (χ4n) is 4.50. The molecular weight excluding hydrogens is 441 g/mol. The van der Waals surface area contributed by atoms with Gasteiger partial charge in [-0.05, 0) is 49.1 Å². The second-order valence-electron chi connectivity index (χ2n) is 8.58. The van der Waals surface area contributed by atoms with Crippen LogP contribution in [0.5, 0.6) is 0 Å². The number of nitrogens with zero attached hydrogens (tertiary/aromatic N) is 3. The highest BCUT2D eigenvalue weighted by Gasteiger charge is 2.30. The quantitative estimate of drug-likeness (QED) is 0.311. The van der Waals surface area contributed by atoms with E-state index in [9.17, 15) is 14.0 Å². The number of carbonyl (C=O) groups excluding carboxylic acids is 1. The van der Waals surface area contributed by atoms with E-state index in [2.05, 4.69) is 0 Å². The molecule has 0 spiro atoms. The first-order valence-electron chi connectivity index (χ1n) is 12.1. The molecule has 0 fully saturated rings. The lowest BCUT2D eigenvalue weighted by atomic mass is 10.1. The third-order valence-electron chi connectivity index (χ3n) is 6.25. The van der Waals surface area contributed by atoms with Crippen molar-refractivity contribution in [2.75, 3.05) is 6.54 Å². The van der Waals surface area contributed by atoms with Gasteiger partial charge in [0.05, 0.1) is 22.5 Å². The molecular formula is C29H30FN3O2. The average molecular weight is 472 g/mol. The fourth-order valence-corrected chi connectivity index (χ4v) is 4.50. The number of rotatable bonds is 9. The normalized spacial score (nSPS) is 12.0. The molecule has 0 aliphatic heterocycles. The van der Waals surface area contributed by atoms with Gasteiger partial charge in [0.15, 0.2) is 0 Å². The van der Waals surface area contributed by atoms with Crippen LogP contribution in [0.3, 0.4) is 0 Å². The van der Waals surface area contributed by atoms with Crippen molar-refractivity contribution in [3.63, 3.8) is 0 Å². The Kier molecular flexibility index (Phi) is 7.70. The molecule has 4 aromatic rings. The molecule has 1 atom stereocenters. The van der Waals surface area contributed by atoms with Crippen molar-refractivity contribution in [1.29, 1.82) is 0 Å². The van der Waals surface area contributed by atoms with Crippen LogP contribution >= 0.6 is 0 Å². The highest BCUT2D eigenvalue weighted by Crippen LogP contribution is 2.27. The van der Waals surface area contributed by atoms with Gasteiger partial charge in [0.25, 0.3) is 11.5 Å². The largest absolute Gasteiger partial charge is 0.328 e. The maximum Gasteiger partial charge on any atom is 0.261 e. The molecule has 1 heterocycles. The van der Waals surface area contributed by atoms with Crippen LogP contribution in [-0.4, -0.2) is 26.9 Å². The lowest BCUT2D eigenvalue weighted by Crippen LogP contribution is -2.40. The van der Waals surface area contributed by atoms with Crippen LogP contribution in [0.25, 0.3) is 10.9 Å². The minimum Gasteiger partial charge on any atom is -0.328 e. The van der Waals surface area contributed by atoms with Crippen LogP contribution in [0, 0.1) is 5.82 Å². The monoisotopic (exact) mass is 471 g/mol. The van der Waals surface area contributed by atoms with Gasteiger partial charge in [0.1, 0.15) is 11.6 Å². The minimum absolute atomic E-state index is 0.0178. The van der Waals surface area contributed by atoms with Crippen LogP contribution in [-0.2, 0) is 13.0 Å². The summed E-state index contributed by atoms with van der Waals surface area (Å²) in [5.41, 5.74) is 1.57. The summed E-state index contributed by atoms with van der Waals surface area (Å²) in [7, 11) is 0. The van der Waals surface area contributed by atoms with Gasteiger partial charge in [-0.2, -0.15) is 0 Å². The Morgan fingerprint density at radius 3 is 2.37 bits per heavy atom. The van der Waals surface area contributed by atoms with Gasteiger partial charge in [-0.3, -0.25) is 14.2 Å². The lowest BCUT2D eigenvalue weighted by Gasteiger charge is -2.32. The molecule has 0 saturated carbocycles. The number of fused-ring (bicyclic) bond motifs is 1. The summed E-state index contributed by atoms with van der Waals surface area (Å²) in [6.45, 7) is 4.82. The maximum atomic E-state index is 14.7. The number of para-hydroxylation sites is 1. The molecule has 0 bridgehead atoms. The van der Waals surface area contributed by atoms with Crippen molar-refractivity contribution >= 4 is 16.8 Å². The second-order valence-corrected chi connectivity index (χ2v) is 8.58. The molecule has 0 N–H and O–H groups in total. The van der Waals surface area contributed by atoms with Crippen molar-refractivity contribution in [3.8, 4) is 0 Å². The molecule has 0 radical (unpaired) electrons. The van der Waals surface area contributed by atoms with Crippen LogP contribution < -0.4 is 5.56 Å². The van der Waals surface area contributed by atoms with E-state index in [4.69, 9.17) is 4.98 Å². The Hall–Kier alpha value is -3.80. The number of amides is 1. The summed E-state index contributed by atoms with van der Waals surface area (Å²) in [6.07, 6.45) is 1.88. The van der Waals surface area contributed by atoms with Crippen LogP contribution in [0.2, 0.25) is 0 Å². The van der Waals surface area contributed by atoms with Crippen molar-refractivity contribution < 1.29 is 9.18 Å². The molecule has 3 aromatic carbocycles. The van der Waals surface area contributed by atoms with E-state index in [1.807, 2.05) is 62.4 Å². The second kappa shape index (κ2) is 11.1. The van der Waals surface area contributed by atoms with E-state index in [0.29, 0.717) is 42.7 Å². The first kappa shape index (κ1) is 24.3. The Bertz CT molecular complexity index is 1370. The maximum absolute atomic E-state index is 14.7. The molecule has 1 aromatic heterocycles. The summed E-state index contributed by atoms with van der Waals surface area (Å²) in [5.74, 6) is -0.429. The predicted molar refractivity (Wildman–Crippen MR) is 137 cm³/mol. The zero-order valence-electron chi connectivity index (χ0n) is 20.2. The van der Waals surface area contributed by atoms with E-state index in [1.54, 1.807) is 27.7 Å². The lowest BCUT2D eigenvalue weighted by molar-refractivity contribution is 0.0654. The third-order valence-corrected chi connectivity index (χ3v) is 6.25. The van der Waals surface area contributed by atoms with Gasteiger partial charge in [-0.15, -0.1) is 0 Å². The molecule has 1 amide bonds. The highest BCUT2D eigenvalue weighted by atomic mass is 19.1. The number of aromatic nitrogens is 2. The van der Waals surface area contributed by atoms with Crippen LogP contribution in [0.1, 0.15) is 54.5 Å². The SMILES string of the molecule is CCCn1c(C(CC)N(CCc2ccccc2)C(=O)c2ccccc2F)nc2ccccc2c1=O. The summed E-state index contributed by atoms with van der Waals surface area (Å²) < 4.78 is 16.4. The van der Waals surface area contributed by atoms with Crippen molar-refractivity contribution in [3.05, 3.63) is 112 Å². The molecule has 35 heavy (non-hydrogen) atoms. The summed E-state index contributed by atoms with van der Waals surface area (Å²) in [5, 5.41) is 0.552. The molecule has 0 aliphatic carbocycles. The summed E-state index contributed by atoms with van der Waals surface area (Å²) >= 11 is 0. The number of hydrogen-bond donors (Lipinski definition) is 0. The summed E-state index contributed by atoms with van der Waals surface area (Å²) in [6, 6.07) is 22.7. The molecule has 180 valence electrons. The van der Waals surface area contributed by atoms with Gasteiger partial charge in [-0.25, -0.2) is 9.37 Å². The van der Waals surface area contributed by atoms with E-state index in [1.165, 1.54) is 12.1 Å². The Labute approximate surface area is 204 Å². The predicted octanol–water partition coefficient (Wildman–Crippen LogP) is 5.78. The Morgan fingerprint density at radius 1 is 0.971 bits per heavy atom. The first-order chi connectivity index (χ1) is 17.0. The fraction of sp³-hybridized carbons (Fsp3) is 0.276. The number of hydrogen-bond acceptors (Lipinski definition) is 3. The standard InChI is InChI=1S/C29H30FN3O2/c1-3-19-33-27(31-25-17-11-9-15-23(25)29(33)35)26(4-2)32(20-18-21-12-6-5-7-13-21)28(34)22-14-8-10-16-24(22)30/h5-17,26H,3-4,18-20H2,1-2H3. The minimum atomic E-state index is -0.561. The number of benzene rings is 3. The van der Waals surface area contributed by atoms with Gasteiger partial charge >= 0.3 is 0 Å². The molecule has 6 heteroatoms. The Morgan fingerprint density at radius 2 is 1.66 bits per heavy atom. The number of carbonyl (C=O) groups is 1. The molecule has 5 nitrogen and oxygen atoms in total. The molecule has 1 unspecified atom stereocenters. The van der Waals surface area contributed by atoms with Gasteiger partial charge < -0.3 is 4.90 Å². The van der Waals surface area contributed by atoms with Gasteiger partial charge in [0, 0.05) is 13.1 Å². The van der Waals surface area contributed by atoms with Crippen molar-refractivity contribution in [2.45, 2.75) is 45.7 Å². The third kappa shape index (κ3) is 5.16. The van der Waals surface area contributed by atoms with Crippen LogP contribution in [0.15, 0.2) is 83.7 Å². The zero-order chi connectivity index (χ0) is 24.8. The smallest absolute Gasteiger partial charge is 0.261 e. The summed E-state index contributed by atoms with van der Waals surface area (Å²) in [4.78, 5) is 33.7. The van der Waals surface area contributed by atoms with Crippen molar-refractivity contribution in [1.82, 2.24) is 14.5 Å². The van der Waals surface area contributed by atoms with E-state index >= 15 is 0 Å². The van der Waals surface area contributed by atoms with E-state index in [-0.39, 0.29) is 11.1 Å². The Balaban J connectivity index is 1.84. The van der Waals surface area contributed by atoms with Gasteiger partial charge in [-0.1, -0.05) is 68.4 Å². The average Bonchev–Trinajstić information content (AvgIpc) is 2.89. The topological polar surface area (TPSA) is 55.2 Å². The first-order valence-corrected chi connectivity index (χ1v) is 12.1. The number of halogens is 1. The van der Waals surface area contributed by atoms with Gasteiger partial charge in [0.2, 0.25) is 0 Å². The van der Waals surface area contributed by atoms with E-state index < -0.39 is 17.8 Å². The zero-order valence-corrected chi connectivity index (χ0v) is 20.2. The highest BCUT2D eigenvalue weighted by molar-refractivity contribution is 5.94. The van der Waals surface area contributed by atoms with Crippen LogP contribution in [0.4, 0.5) is 4.39 Å². The molecule has 0 saturated heterocycles. The molecule has 4 rings (SSSR count). The molecule has 0 aliphatic rings. The van der Waals surface area contributed by atoms with Crippen molar-refractivity contribution in [2.24, 2.45) is 0 Å².